The second-order valence-corrected chi connectivity index (χ2v) is 7.25. The van der Waals surface area contributed by atoms with Gasteiger partial charge in [0.25, 0.3) is 5.91 Å². The fourth-order valence-corrected chi connectivity index (χ4v) is 3.32. The minimum absolute atomic E-state index is 0.0815. The fraction of sp³-hybridized carbons (Fsp3) is 0.304. The molecule has 3 rings (SSSR count). The molecule has 1 saturated heterocycles. The lowest BCUT2D eigenvalue weighted by atomic mass is 10.1. The predicted molar refractivity (Wildman–Crippen MR) is 116 cm³/mol. The van der Waals surface area contributed by atoms with E-state index in [0.717, 1.165) is 12.1 Å². The maximum absolute atomic E-state index is 12.6. The van der Waals surface area contributed by atoms with Crippen LogP contribution in [0.25, 0.3) is 0 Å². The number of benzene rings is 2. The third-order valence-electron chi connectivity index (χ3n) is 5.19. The van der Waals surface area contributed by atoms with E-state index in [9.17, 15) is 19.2 Å². The van der Waals surface area contributed by atoms with E-state index in [4.69, 9.17) is 0 Å². The van der Waals surface area contributed by atoms with Crippen LogP contribution in [0.1, 0.15) is 29.3 Å². The van der Waals surface area contributed by atoms with Crippen molar-refractivity contribution in [3.8, 4) is 0 Å². The number of amides is 3. The summed E-state index contributed by atoms with van der Waals surface area (Å²) in [5.41, 5.74) is 2.85. The Morgan fingerprint density at radius 3 is 2.35 bits per heavy atom. The lowest BCUT2D eigenvalue weighted by Gasteiger charge is -2.17. The van der Waals surface area contributed by atoms with E-state index < -0.39 is 17.8 Å². The summed E-state index contributed by atoms with van der Waals surface area (Å²) in [5.74, 6) is -1.75. The van der Waals surface area contributed by atoms with Crippen LogP contribution in [-0.4, -0.2) is 43.9 Å². The minimum atomic E-state index is -0.543. The SMILES string of the molecule is CCc1ccc(N2CC(C(=O)Nc3ccc(C(=O)NCC(=O)OC)cc3)CC2=O)cc1. The second kappa shape index (κ2) is 9.88. The second-order valence-electron chi connectivity index (χ2n) is 7.25. The van der Waals surface area contributed by atoms with Crippen LogP contribution in [0.15, 0.2) is 48.5 Å². The Bertz CT molecular complexity index is 970. The van der Waals surface area contributed by atoms with Gasteiger partial charge in [-0.15, -0.1) is 0 Å². The number of rotatable bonds is 7. The molecule has 1 aliphatic heterocycles. The van der Waals surface area contributed by atoms with Gasteiger partial charge in [-0.2, -0.15) is 0 Å². The first kappa shape index (κ1) is 22.0. The van der Waals surface area contributed by atoms with E-state index in [0.29, 0.717) is 17.8 Å². The van der Waals surface area contributed by atoms with Crippen molar-refractivity contribution in [2.75, 3.05) is 30.4 Å². The van der Waals surface area contributed by atoms with Crippen molar-refractivity contribution in [2.45, 2.75) is 19.8 Å². The Morgan fingerprint density at radius 2 is 1.74 bits per heavy atom. The molecular weight excluding hydrogens is 398 g/mol. The van der Waals surface area contributed by atoms with Gasteiger partial charge in [-0.05, 0) is 48.4 Å². The molecule has 2 aromatic carbocycles. The van der Waals surface area contributed by atoms with Gasteiger partial charge in [0.05, 0.1) is 13.0 Å². The highest BCUT2D eigenvalue weighted by Crippen LogP contribution is 2.26. The van der Waals surface area contributed by atoms with E-state index in [2.05, 4.69) is 22.3 Å². The molecule has 1 aliphatic rings. The Kier molecular flexibility index (Phi) is 7.02. The molecule has 1 unspecified atom stereocenters. The number of ether oxygens (including phenoxy) is 1. The molecule has 2 aromatic rings. The molecule has 0 saturated carbocycles. The molecule has 0 aliphatic carbocycles. The van der Waals surface area contributed by atoms with Crippen LogP contribution in [0.5, 0.6) is 0 Å². The zero-order valence-corrected chi connectivity index (χ0v) is 17.5. The molecule has 3 amide bonds. The lowest BCUT2D eigenvalue weighted by Crippen LogP contribution is -2.30. The summed E-state index contributed by atoms with van der Waals surface area (Å²) in [5, 5.41) is 5.24. The van der Waals surface area contributed by atoms with Crippen molar-refractivity contribution < 1.29 is 23.9 Å². The van der Waals surface area contributed by atoms with Gasteiger partial charge in [0.15, 0.2) is 0 Å². The molecule has 8 heteroatoms. The van der Waals surface area contributed by atoms with Crippen LogP contribution in [0, 0.1) is 5.92 Å². The number of anilines is 2. The Hall–Kier alpha value is -3.68. The van der Waals surface area contributed by atoms with Gasteiger partial charge < -0.3 is 20.3 Å². The van der Waals surface area contributed by atoms with E-state index in [1.54, 1.807) is 29.2 Å². The molecule has 1 heterocycles. The van der Waals surface area contributed by atoms with Crippen molar-refractivity contribution in [1.29, 1.82) is 0 Å². The van der Waals surface area contributed by atoms with Gasteiger partial charge in [-0.1, -0.05) is 19.1 Å². The number of esters is 1. The molecule has 162 valence electrons. The van der Waals surface area contributed by atoms with Gasteiger partial charge >= 0.3 is 5.97 Å². The Balaban J connectivity index is 1.57. The van der Waals surface area contributed by atoms with Crippen LogP contribution >= 0.6 is 0 Å². The van der Waals surface area contributed by atoms with E-state index in [1.807, 2.05) is 24.3 Å². The van der Waals surface area contributed by atoms with Crippen LogP contribution in [0.3, 0.4) is 0 Å². The molecule has 0 aromatic heterocycles. The normalized spacial score (nSPS) is 15.5. The summed E-state index contributed by atoms with van der Waals surface area (Å²) in [6.07, 6.45) is 1.07. The number of nitrogens with one attached hydrogen (secondary N) is 2. The average molecular weight is 423 g/mol. The zero-order valence-electron chi connectivity index (χ0n) is 17.5. The maximum Gasteiger partial charge on any atom is 0.325 e. The monoisotopic (exact) mass is 423 g/mol. The molecule has 0 radical (unpaired) electrons. The standard InChI is InChI=1S/C23H25N3O5/c1-3-15-4-10-19(11-5-15)26-14-17(12-20(26)27)23(30)25-18-8-6-16(7-9-18)22(29)24-13-21(28)31-2/h4-11,17H,3,12-14H2,1-2H3,(H,24,29)(H,25,30). The summed E-state index contributed by atoms with van der Waals surface area (Å²) in [6, 6.07) is 14.1. The number of methoxy groups -OCH3 is 1. The summed E-state index contributed by atoms with van der Waals surface area (Å²) < 4.78 is 4.47. The van der Waals surface area contributed by atoms with Crippen molar-refractivity contribution in [2.24, 2.45) is 5.92 Å². The quantitative estimate of drug-likeness (QED) is 0.664. The minimum Gasteiger partial charge on any atom is -0.468 e. The van der Waals surface area contributed by atoms with Crippen molar-refractivity contribution in [1.82, 2.24) is 5.32 Å². The van der Waals surface area contributed by atoms with E-state index in [1.165, 1.54) is 12.7 Å². The highest BCUT2D eigenvalue weighted by Gasteiger charge is 2.35. The molecule has 1 fully saturated rings. The largest absolute Gasteiger partial charge is 0.468 e. The van der Waals surface area contributed by atoms with E-state index >= 15 is 0 Å². The van der Waals surface area contributed by atoms with Crippen LogP contribution in [0.2, 0.25) is 0 Å². The summed E-state index contributed by atoms with van der Waals surface area (Å²) in [4.78, 5) is 49.8. The Labute approximate surface area is 180 Å². The lowest BCUT2D eigenvalue weighted by molar-refractivity contribution is -0.139. The summed E-state index contributed by atoms with van der Waals surface area (Å²) >= 11 is 0. The number of carbonyl (C=O) groups is 4. The zero-order chi connectivity index (χ0) is 22.4. The maximum atomic E-state index is 12.6. The molecule has 0 bridgehead atoms. The van der Waals surface area contributed by atoms with Crippen molar-refractivity contribution in [3.63, 3.8) is 0 Å². The van der Waals surface area contributed by atoms with Crippen molar-refractivity contribution >= 4 is 35.1 Å². The molecular formula is C23H25N3O5. The van der Waals surface area contributed by atoms with Gasteiger partial charge in [0, 0.05) is 29.9 Å². The highest BCUT2D eigenvalue weighted by molar-refractivity contribution is 6.03. The van der Waals surface area contributed by atoms with Gasteiger partial charge in [-0.3, -0.25) is 19.2 Å². The third kappa shape index (κ3) is 5.48. The first-order valence-corrected chi connectivity index (χ1v) is 10.1. The van der Waals surface area contributed by atoms with Crippen LogP contribution in [-0.2, 0) is 25.5 Å². The number of hydrogen-bond donors (Lipinski definition) is 2. The molecule has 31 heavy (non-hydrogen) atoms. The van der Waals surface area contributed by atoms with Crippen molar-refractivity contribution in [3.05, 3.63) is 59.7 Å². The molecule has 8 nitrogen and oxygen atoms in total. The third-order valence-corrected chi connectivity index (χ3v) is 5.19. The number of aryl methyl sites for hydroxylation is 1. The Morgan fingerprint density at radius 1 is 1.06 bits per heavy atom. The van der Waals surface area contributed by atoms with Crippen LogP contribution < -0.4 is 15.5 Å². The summed E-state index contributed by atoms with van der Waals surface area (Å²) in [6.45, 7) is 2.17. The summed E-state index contributed by atoms with van der Waals surface area (Å²) in [7, 11) is 1.24. The number of nitrogens with zero attached hydrogens (tertiary/aromatic N) is 1. The smallest absolute Gasteiger partial charge is 0.325 e. The molecule has 2 N–H and O–H groups in total. The number of hydrogen-bond acceptors (Lipinski definition) is 5. The van der Waals surface area contributed by atoms with Gasteiger partial charge in [0.1, 0.15) is 6.54 Å². The van der Waals surface area contributed by atoms with E-state index in [-0.39, 0.29) is 24.8 Å². The molecule has 0 spiro atoms. The first-order chi connectivity index (χ1) is 14.9. The highest BCUT2D eigenvalue weighted by atomic mass is 16.5. The van der Waals surface area contributed by atoms with Crippen LogP contribution in [0.4, 0.5) is 11.4 Å². The molecule has 1 atom stereocenters. The first-order valence-electron chi connectivity index (χ1n) is 10.1. The average Bonchev–Trinajstić information content (AvgIpc) is 3.19. The topological polar surface area (TPSA) is 105 Å². The number of carbonyl (C=O) groups excluding carboxylic acids is 4. The fourth-order valence-electron chi connectivity index (χ4n) is 3.32. The van der Waals surface area contributed by atoms with Gasteiger partial charge in [0.2, 0.25) is 11.8 Å². The predicted octanol–water partition coefficient (Wildman–Crippen LogP) is 2.14. The van der Waals surface area contributed by atoms with Gasteiger partial charge in [-0.25, -0.2) is 0 Å².